The number of nitrogens with one attached hydrogen (secondary N) is 1. The molecule has 6 heteroatoms. The minimum atomic E-state index is -1.10. The van der Waals surface area contributed by atoms with Crippen molar-refractivity contribution in [1.29, 1.82) is 0 Å². The molecule has 5 nitrogen and oxygen atoms in total. The van der Waals surface area contributed by atoms with Gasteiger partial charge in [-0.15, -0.1) is 0 Å². The summed E-state index contributed by atoms with van der Waals surface area (Å²) in [5, 5.41) is 12.2. The van der Waals surface area contributed by atoms with Gasteiger partial charge in [-0.05, 0) is 30.4 Å². The van der Waals surface area contributed by atoms with Crippen LogP contribution >= 0.6 is 11.8 Å². The third-order valence-corrected chi connectivity index (χ3v) is 5.86. The van der Waals surface area contributed by atoms with Gasteiger partial charge >= 0.3 is 5.97 Å². The summed E-state index contributed by atoms with van der Waals surface area (Å²) in [4.78, 5) is 35.9. The van der Waals surface area contributed by atoms with Crippen molar-refractivity contribution in [3.63, 3.8) is 0 Å². The van der Waals surface area contributed by atoms with Crippen molar-refractivity contribution >= 4 is 28.8 Å². The van der Waals surface area contributed by atoms with Crippen LogP contribution in [-0.4, -0.2) is 27.9 Å². The lowest BCUT2D eigenvalue weighted by molar-refractivity contribution is -0.142. The number of hydrogen-bond acceptors (Lipinski definition) is 4. The Bertz CT molecular complexity index is 810. The van der Waals surface area contributed by atoms with Gasteiger partial charge in [0.15, 0.2) is 11.2 Å². The van der Waals surface area contributed by atoms with Gasteiger partial charge in [0.2, 0.25) is 5.91 Å². The lowest BCUT2D eigenvalue weighted by atomic mass is 9.99. The van der Waals surface area contributed by atoms with E-state index in [1.165, 1.54) is 12.5 Å². The molecule has 0 saturated heterocycles. The molecule has 0 heterocycles. The molecule has 2 rings (SSSR count). The number of rotatable bonds is 12. The molecule has 2 aromatic rings. The second-order valence-electron chi connectivity index (χ2n) is 7.27. The number of carboxylic acids is 1. The lowest BCUT2D eigenvalue weighted by Crippen LogP contribution is -2.38. The molecule has 0 bridgehead atoms. The van der Waals surface area contributed by atoms with Gasteiger partial charge in [0.05, 0.1) is 0 Å². The first-order chi connectivity index (χ1) is 14.5. The molecule has 0 radical (unpaired) electrons. The zero-order chi connectivity index (χ0) is 21.8. The van der Waals surface area contributed by atoms with Crippen LogP contribution in [0.15, 0.2) is 60.7 Å². The molecule has 0 unspecified atom stereocenters. The molecular formula is C24H29NO4S. The van der Waals surface area contributed by atoms with E-state index in [4.69, 9.17) is 0 Å². The first kappa shape index (κ1) is 23.7. The Hall–Kier alpha value is -2.60. The summed E-state index contributed by atoms with van der Waals surface area (Å²) >= 11 is 1.11. The molecule has 0 aliphatic heterocycles. The molecule has 0 aromatic heterocycles. The van der Waals surface area contributed by atoms with Crippen LogP contribution < -0.4 is 5.32 Å². The standard InChI is InChI=1S/C24H29NO4S/c1-18(26)30-17-21(16-10-3-7-13-19-11-5-2-6-12-19)23(27)25-22(24(28)29)20-14-8-4-9-15-20/h2,4-6,8-9,11-12,14-15,21-22H,3,7,10,13,16-17H2,1H3,(H,25,27)(H,28,29)/t21-,22-/m1/s1. The fourth-order valence-corrected chi connectivity index (χ4v) is 4.00. The van der Waals surface area contributed by atoms with Gasteiger partial charge < -0.3 is 10.4 Å². The third-order valence-electron chi connectivity index (χ3n) is 4.89. The van der Waals surface area contributed by atoms with Crippen LogP contribution in [0.4, 0.5) is 0 Å². The average molecular weight is 428 g/mol. The number of aryl methyl sites for hydroxylation is 1. The van der Waals surface area contributed by atoms with Crippen molar-refractivity contribution in [2.45, 2.75) is 45.1 Å². The highest BCUT2D eigenvalue weighted by Crippen LogP contribution is 2.20. The third kappa shape index (κ3) is 8.41. The highest BCUT2D eigenvalue weighted by molar-refractivity contribution is 8.13. The summed E-state index contributed by atoms with van der Waals surface area (Å²) in [6, 6.07) is 17.8. The Morgan fingerprint density at radius 2 is 1.57 bits per heavy atom. The number of carbonyl (C=O) groups excluding carboxylic acids is 2. The maximum absolute atomic E-state index is 12.8. The van der Waals surface area contributed by atoms with Crippen molar-refractivity contribution in [2.75, 3.05) is 5.75 Å². The van der Waals surface area contributed by atoms with Crippen LogP contribution in [0.1, 0.15) is 49.8 Å². The summed E-state index contributed by atoms with van der Waals surface area (Å²) < 4.78 is 0. The minimum absolute atomic E-state index is 0.0466. The minimum Gasteiger partial charge on any atom is -0.479 e. The van der Waals surface area contributed by atoms with Gasteiger partial charge in [0.1, 0.15) is 0 Å². The van der Waals surface area contributed by atoms with Gasteiger partial charge in [-0.25, -0.2) is 4.79 Å². The van der Waals surface area contributed by atoms with E-state index in [9.17, 15) is 19.5 Å². The van der Waals surface area contributed by atoms with Gasteiger partial charge in [0.25, 0.3) is 0 Å². The largest absolute Gasteiger partial charge is 0.479 e. The van der Waals surface area contributed by atoms with Crippen molar-refractivity contribution in [1.82, 2.24) is 5.32 Å². The van der Waals surface area contributed by atoms with Crippen molar-refractivity contribution in [2.24, 2.45) is 5.92 Å². The topological polar surface area (TPSA) is 83.5 Å². The number of amides is 1. The Kier molecular flexibility index (Phi) is 10.1. The first-order valence-electron chi connectivity index (χ1n) is 10.2. The van der Waals surface area contributed by atoms with E-state index in [1.54, 1.807) is 30.3 Å². The molecule has 0 fully saturated rings. The number of benzene rings is 2. The Morgan fingerprint density at radius 3 is 2.17 bits per heavy atom. The van der Waals surface area contributed by atoms with Gasteiger partial charge in [-0.3, -0.25) is 9.59 Å². The van der Waals surface area contributed by atoms with Crippen LogP contribution in [0.25, 0.3) is 0 Å². The number of carboxylic acid groups (broad SMARTS) is 1. The second-order valence-corrected chi connectivity index (χ2v) is 8.47. The van der Waals surface area contributed by atoms with E-state index >= 15 is 0 Å². The molecule has 0 spiro atoms. The predicted octanol–water partition coefficient (Wildman–Crippen LogP) is 4.63. The molecule has 160 valence electrons. The Morgan fingerprint density at radius 1 is 0.933 bits per heavy atom. The maximum atomic E-state index is 12.8. The van der Waals surface area contributed by atoms with E-state index in [0.29, 0.717) is 17.7 Å². The van der Waals surface area contributed by atoms with Gasteiger partial charge in [-0.1, -0.05) is 85.3 Å². The number of thioether (sulfide) groups is 1. The summed E-state index contributed by atoms with van der Waals surface area (Å²) in [7, 11) is 0. The van der Waals surface area contributed by atoms with Crippen molar-refractivity contribution in [3.8, 4) is 0 Å². The van der Waals surface area contributed by atoms with E-state index in [1.807, 2.05) is 18.2 Å². The van der Waals surface area contributed by atoms with Gasteiger partial charge in [-0.2, -0.15) is 0 Å². The summed E-state index contributed by atoms with van der Waals surface area (Å²) in [5.41, 5.74) is 1.82. The summed E-state index contributed by atoms with van der Waals surface area (Å²) in [5.74, 6) is -1.46. The number of hydrogen-bond donors (Lipinski definition) is 2. The van der Waals surface area contributed by atoms with E-state index < -0.39 is 17.9 Å². The van der Waals surface area contributed by atoms with Gasteiger partial charge in [0, 0.05) is 18.6 Å². The summed E-state index contributed by atoms with van der Waals surface area (Å²) in [6.07, 6.45) is 4.48. The van der Waals surface area contributed by atoms with Crippen molar-refractivity contribution in [3.05, 3.63) is 71.8 Å². The number of carbonyl (C=O) groups is 3. The van der Waals surface area contributed by atoms with Crippen LogP contribution in [0, 0.1) is 5.92 Å². The molecule has 0 aliphatic carbocycles. The zero-order valence-corrected chi connectivity index (χ0v) is 18.1. The fourth-order valence-electron chi connectivity index (χ4n) is 3.24. The van der Waals surface area contributed by atoms with Crippen LogP contribution in [-0.2, 0) is 20.8 Å². The SMILES string of the molecule is CC(=O)SC[C@@H](CCCCCc1ccccc1)C(=O)N[C@@H](C(=O)O)c1ccccc1. The molecular weight excluding hydrogens is 398 g/mol. The van der Waals surface area contributed by atoms with E-state index in [0.717, 1.165) is 37.4 Å². The monoisotopic (exact) mass is 427 g/mol. The van der Waals surface area contributed by atoms with Crippen LogP contribution in [0.3, 0.4) is 0 Å². The highest BCUT2D eigenvalue weighted by Gasteiger charge is 2.26. The molecule has 2 N–H and O–H groups in total. The number of unbranched alkanes of at least 4 members (excludes halogenated alkanes) is 2. The molecule has 2 aromatic carbocycles. The molecule has 1 amide bonds. The molecule has 0 aliphatic rings. The Balaban J connectivity index is 1.90. The predicted molar refractivity (Wildman–Crippen MR) is 120 cm³/mol. The average Bonchev–Trinajstić information content (AvgIpc) is 2.74. The van der Waals surface area contributed by atoms with Crippen LogP contribution in [0.5, 0.6) is 0 Å². The molecule has 0 saturated carbocycles. The normalized spacial score (nSPS) is 12.7. The van der Waals surface area contributed by atoms with E-state index in [2.05, 4.69) is 17.4 Å². The summed E-state index contributed by atoms with van der Waals surface area (Å²) in [6.45, 7) is 1.48. The zero-order valence-electron chi connectivity index (χ0n) is 17.3. The fraction of sp³-hybridized carbons (Fsp3) is 0.375. The molecule has 2 atom stereocenters. The maximum Gasteiger partial charge on any atom is 0.330 e. The number of aliphatic carboxylic acids is 1. The lowest BCUT2D eigenvalue weighted by Gasteiger charge is -2.20. The second kappa shape index (κ2) is 12.9. The molecule has 30 heavy (non-hydrogen) atoms. The first-order valence-corrected chi connectivity index (χ1v) is 11.2. The quantitative estimate of drug-likeness (QED) is 0.483. The van der Waals surface area contributed by atoms with E-state index in [-0.39, 0.29) is 11.0 Å². The highest BCUT2D eigenvalue weighted by atomic mass is 32.2. The smallest absolute Gasteiger partial charge is 0.330 e. The van der Waals surface area contributed by atoms with Crippen molar-refractivity contribution < 1.29 is 19.5 Å². The Labute approximate surface area is 182 Å². The van der Waals surface area contributed by atoms with Crippen LogP contribution in [0.2, 0.25) is 0 Å².